The van der Waals surface area contributed by atoms with Crippen LogP contribution in [0.5, 0.6) is 5.75 Å². The fourth-order valence-electron chi connectivity index (χ4n) is 3.95. The summed E-state index contributed by atoms with van der Waals surface area (Å²) in [5, 5.41) is 1.24. The number of ether oxygens (including phenoxy) is 1. The maximum atomic E-state index is 12.7. The number of hydrogen-bond donors (Lipinski definition) is 1. The quantitative estimate of drug-likeness (QED) is 0.645. The van der Waals surface area contributed by atoms with Gasteiger partial charge in [0.15, 0.2) is 6.61 Å². The smallest absolute Gasteiger partial charge is 0.260 e. The number of aromatic amines is 1. The number of rotatable bonds is 5. The van der Waals surface area contributed by atoms with Crippen molar-refractivity contribution < 1.29 is 9.53 Å². The summed E-state index contributed by atoms with van der Waals surface area (Å²) in [6.45, 7) is 7.75. The van der Waals surface area contributed by atoms with Gasteiger partial charge >= 0.3 is 0 Å². The van der Waals surface area contributed by atoms with Crippen LogP contribution in [0.4, 0.5) is 0 Å². The van der Waals surface area contributed by atoms with E-state index >= 15 is 0 Å². The van der Waals surface area contributed by atoms with Crippen molar-refractivity contribution in [3.63, 3.8) is 0 Å². The first-order valence-corrected chi connectivity index (χ1v) is 10.3. The van der Waals surface area contributed by atoms with Gasteiger partial charge in [-0.25, -0.2) is 0 Å². The molecule has 4 heteroatoms. The van der Waals surface area contributed by atoms with Gasteiger partial charge in [-0.05, 0) is 48.1 Å². The highest BCUT2D eigenvalue weighted by Crippen LogP contribution is 2.30. The van der Waals surface area contributed by atoms with Crippen molar-refractivity contribution in [3.05, 3.63) is 71.4 Å². The molecule has 1 aliphatic heterocycles. The van der Waals surface area contributed by atoms with Crippen LogP contribution in [-0.2, 0) is 4.79 Å². The lowest BCUT2D eigenvalue weighted by Gasteiger charge is -2.27. The normalized spacial score (nSPS) is 14.3. The van der Waals surface area contributed by atoms with Crippen molar-refractivity contribution in [2.24, 2.45) is 0 Å². The summed E-state index contributed by atoms with van der Waals surface area (Å²) >= 11 is 0. The highest BCUT2D eigenvalue weighted by molar-refractivity contribution is 5.93. The standard InChI is InChI=1S/C25H28N2O2/c1-17(2)20-9-8-18(3)14-24(20)29-16-25(28)27-12-10-19(11-13-27)22-15-26-23-7-5-4-6-21(22)23/h4-10,14-15,17,26H,11-13,16H2,1-3H3. The van der Waals surface area contributed by atoms with Crippen LogP contribution >= 0.6 is 0 Å². The Bertz CT molecular complexity index is 1060. The van der Waals surface area contributed by atoms with E-state index in [1.165, 1.54) is 16.5 Å². The maximum absolute atomic E-state index is 12.7. The van der Waals surface area contributed by atoms with Gasteiger partial charge in [0.05, 0.1) is 0 Å². The first-order valence-electron chi connectivity index (χ1n) is 10.3. The minimum atomic E-state index is 0.0374. The highest BCUT2D eigenvalue weighted by Gasteiger charge is 2.20. The van der Waals surface area contributed by atoms with Crippen LogP contribution in [0.3, 0.4) is 0 Å². The zero-order valence-electron chi connectivity index (χ0n) is 17.4. The van der Waals surface area contributed by atoms with Gasteiger partial charge in [-0.1, -0.05) is 50.3 Å². The van der Waals surface area contributed by atoms with Gasteiger partial charge < -0.3 is 14.6 Å². The van der Waals surface area contributed by atoms with Crippen molar-refractivity contribution in [2.75, 3.05) is 19.7 Å². The first-order chi connectivity index (χ1) is 14.0. The fraction of sp³-hybridized carbons (Fsp3) is 0.320. The second-order valence-corrected chi connectivity index (χ2v) is 8.05. The molecule has 1 amide bonds. The van der Waals surface area contributed by atoms with E-state index in [4.69, 9.17) is 4.74 Å². The van der Waals surface area contributed by atoms with Gasteiger partial charge in [0.2, 0.25) is 0 Å². The summed E-state index contributed by atoms with van der Waals surface area (Å²) in [6.07, 6.45) is 5.10. The van der Waals surface area contributed by atoms with E-state index in [1.54, 1.807) is 0 Å². The third-order valence-electron chi connectivity index (χ3n) is 5.64. The Morgan fingerprint density at radius 2 is 2.03 bits per heavy atom. The van der Waals surface area contributed by atoms with E-state index in [0.29, 0.717) is 12.5 Å². The topological polar surface area (TPSA) is 45.3 Å². The summed E-state index contributed by atoms with van der Waals surface area (Å²) in [7, 11) is 0. The summed E-state index contributed by atoms with van der Waals surface area (Å²) in [5.74, 6) is 1.22. The fourth-order valence-corrected chi connectivity index (χ4v) is 3.95. The second-order valence-electron chi connectivity index (χ2n) is 8.05. The van der Waals surface area contributed by atoms with Crippen molar-refractivity contribution in [2.45, 2.75) is 33.1 Å². The lowest BCUT2D eigenvalue weighted by molar-refractivity contribution is -0.132. The van der Waals surface area contributed by atoms with Crippen LogP contribution in [0.1, 0.15) is 42.9 Å². The van der Waals surface area contributed by atoms with Gasteiger partial charge in [-0.2, -0.15) is 0 Å². The molecule has 0 bridgehead atoms. The molecular weight excluding hydrogens is 360 g/mol. The number of para-hydroxylation sites is 1. The maximum Gasteiger partial charge on any atom is 0.260 e. The van der Waals surface area contributed by atoms with Crippen LogP contribution in [0.15, 0.2) is 54.7 Å². The number of amides is 1. The molecule has 4 nitrogen and oxygen atoms in total. The molecule has 1 aliphatic rings. The van der Waals surface area contributed by atoms with E-state index in [-0.39, 0.29) is 12.5 Å². The molecule has 150 valence electrons. The number of nitrogens with one attached hydrogen (secondary N) is 1. The van der Waals surface area contributed by atoms with Gasteiger partial charge in [0.25, 0.3) is 5.91 Å². The summed E-state index contributed by atoms with van der Waals surface area (Å²) < 4.78 is 5.93. The first kappa shape index (κ1) is 19.3. The average molecular weight is 389 g/mol. The largest absolute Gasteiger partial charge is 0.483 e. The molecule has 2 aromatic carbocycles. The number of carbonyl (C=O) groups is 1. The minimum Gasteiger partial charge on any atom is -0.483 e. The Morgan fingerprint density at radius 1 is 1.21 bits per heavy atom. The summed E-state index contributed by atoms with van der Waals surface area (Å²) in [6, 6.07) is 14.5. The number of aryl methyl sites for hydroxylation is 1. The van der Waals surface area contributed by atoms with Gasteiger partial charge in [-0.3, -0.25) is 4.79 Å². The van der Waals surface area contributed by atoms with Gasteiger partial charge in [0.1, 0.15) is 5.75 Å². The second kappa shape index (κ2) is 8.16. The lowest BCUT2D eigenvalue weighted by Crippen LogP contribution is -2.37. The SMILES string of the molecule is Cc1ccc(C(C)C)c(OCC(=O)N2CC=C(c3c[nH]c4ccccc34)CC2)c1. The Balaban J connectivity index is 1.41. The molecule has 0 atom stereocenters. The number of aromatic nitrogens is 1. The van der Waals surface area contributed by atoms with Crippen molar-refractivity contribution in [3.8, 4) is 5.75 Å². The van der Waals surface area contributed by atoms with Crippen LogP contribution < -0.4 is 4.74 Å². The molecule has 4 rings (SSSR count). The van der Waals surface area contributed by atoms with E-state index in [9.17, 15) is 4.79 Å². The molecule has 29 heavy (non-hydrogen) atoms. The Morgan fingerprint density at radius 3 is 2.79 bits per heavy atom. The molecule has 1 aromatic heterocycles. The lowest BCUT2D eigenvalue weighted by atomic mass is 9.99. The van der Waals surface area contributed by atoms with Crippen molar-refractivity contribution in [1.29, 1.82) is 0 Å². The molecule has 0 fully saturated rings. The van der Waals surface area contributed by atoms with E-state index < -0.39 is 0 Å². The molecule has 0 radical (unpaired) electrons. The molecule has 0 aliphatic carbocycles. The number of hydrogen-bond acceptors (Lipinski definition) is 2. The summed E-state index contributed by atoms with van der Waals surface area (Å²) in [4.78, 5) is 17.9. The number of carbonyl (C=O) groups excluding carboxylic acids is 1. The van der Waals surface area contributed by atoms with E-state index in [1.807, 2.05) is 24.0 Å². The van der Waals surface area contributed by atoms with Gasteiger partial charge in [-0.15, -0.1) is 0 Å². The zero-order chi connectivity index (χ0) is 20.4. The number of nitrogens with zero attached hydrogens (tertiary/aromatic N) is 1. The number of fused-ring (bicyclic) bond motifs is 1. The van der Waals surface area contributed by atoms with Crippen LogP contribution in [-0.4, -0.2) is 35.5 Å². The molecule has 0 spiro atoms. The highest BCUT2D eigenvalue weighted by atomic mass is 16.5. The molecule has 0 unspecified atom stereocenters. The molecule has 1 N–H and O–H groups in total. The minimum absolute atomic E-state index is 0.0374. The predicted octanol–water partition coefficient (Wildman–Crippen LogP) is 5.29. The van der Waals surface area contributed by atoms with E-state index in [0.717, 1.165) is 35.4 Å². The Labute approximate surface area is 172 Å². The molecule has 0 saturated carbocycles. The Kier molecular flexibility index (Phi) is 5.43. The third kappa shape index (κ3) is 4.07. The van der Waals surface area contributed by atoms with Crippen molar-refractivity contribution >= 4 is 22.4 Å². The molecule has 2 heterocycles. The third-order valence-corrected chi connectivity index (χ3v) is 5.64. The number of benzene rings is 2. The van der Waals surface area contributed by atoms with Gasteiger partial charge in [0, 0.05) is 35.8 Å². The molecular formula is C25H28N2O2. The number of H-pyrrole nitrogens is 1. The monoisotopic (exact) mass is 388 g/mol. The zero-order valence-corrected chi connectivity index (χ0v) is 17.4. The Hall–Kier alpha value is -3.01. The molecule has 3 aromatic rings. The summed E-state index contributed by atoms with van der Waals surface area (Å²) in [5.41, 5.74) is 5.97. The van der Waals surface area contributed by atoms with Crippen LogP contribution in [0, 0.1) is 6.92 Å². The molecule has 0 saturated heterocycles. The van der Waals surface area contributed by atoms with Crippen LogP contribution in [0.2, 0.25) is 0 Å². The van der Waals surface area contributed by atoms with Crippen LogP contribution in [0.25, 0.3) is 16.5 Å². The predicted molar refractivity (Wildman–Crippen MR) is 118 cm³/mol. The van der Waals surface area contributed by atoms with E-state index in [2.05, 4.69) is 61.4 Å². The average Bonchev–Trinajstić information content (AvgIpc) is 3.16. The van der Waals surface area contributed by atoms with Crippen molar-refractivity contribution in [1.82, 2.24) is 9.88 Å².